The molecule has 2 amide bonds. The monoisotopic (exact) mass is 335 g/mol. The highest BCUT2D eigenvalue weighted by molar-refractivity contribution is 8.18. The summed E-state index contributed by atoms with van der Waals surface area (Å²) in [7, 11) is 0. The Hall–Kier alpha value is -2.59. The lowest BCUT2D eigenvalue weighted by Crippen LogP contribution is -2.27. The van der Waals surface area contributed by atoms with Gasteiger partial charge in [-0.15, -0.1) is 0 Å². The van der Waals surface area contributed by atoms with Gasteiger partial charge in [-0.1, -0.05) is 66.7 Å². The van der Waals surface area contributed by atoms with Gasteiger partial charge in [-0.2, -0.15) is 0 Å². The summed E-state index contributed by atoms with van der Waals surface area (Å²) in [5, 5.41) is -0.220. The summed E-state index contributed by atoms with van der Waals surface area (Å²) in [5.41, 5.74) is 3.11. The van der Waals surface area contributed by atoms with Crippen LogP contribution in [0.1, 0.15) is 16.7 Å². The molecule has 120 valence electrons. The molecule has 2 aromatic rings. The van der Waals surface area contributed by atoms with Gasteiger partial charge in [0.25, 0.3) is 11.1 Å². The number of imide groups is 1. The van der Waals surface area contributed by atoms with Gasteiger partial charge in [-0.25, -0.2) is 0 Å². The van der Waals surface area contributed by atoms with Crippen LogP contribution in [0, 0.1) is 6.92 Å². The van der Waals surface area contributed by atoms with Crippen LogP contribution in [0.4, 0.5) is 4.79 Å². The molecular formula is C20H17NO2S. The third-order valence-electron chi connectivity index (χ3n) is 3.80. The first kappa shape index (κ1) is 16.3. The molecule has 0 bridgehead atoms. The lowest BCUT2D eigenvalue weighted by Gasteiger charge is -2.14. The Bertz CT molecular complexity index is 825. The predicted octanol–water partition coefficient (Wildman–Crippen LogP) is 4.79. The van der Waals surface area contributed by atoms with E-state index in [1.54, 1.807) is 12.2 Å². The van der Waals surface area contributed by atoms with E-state index in [0.29, 0.717) is 11.4 Å². The first-order chi connectivity index (χ1) is 11.6. The van der Waals surface area contributed by atoms with Crippen LogP contribution in [0.25, 0.3) is 6.08 Å². The van der Waals surface area contributed by atoms with E-state index >= 15 is 0 Å². The van der Waals surface area contributed by atoms with Gasteiger partial charge in [0, 0.05) is 0 Å². The zero-order chi connectivity index (χ0) is 16.9. The Kier molecular flexibility index (Phi) is 4.96. The number of benzene rings is 2. The molecule has 4 heteroatoms. The van der Waals surface area contributed by atoms with Gasteiger partial charge < -0.3 is 0 Å². The van der Waals surface area contributed by atoms with Gasteiger partial charge in [0.15, 0.2) is 0 Å². The van der Waals surface area contributed by atoms with Crippen LogP contribution in [-0.2, 0) is 11.3 Å². The number of allylic oxidation sites excluding steroid dienone is 2. The van der Waals surface area contributed by atoms with E-state index in [0.717, 1.165) is 28.5 Å². The number of nitrogens with zero attached hydrogens (tertiary/aromatic N) is 1. The zero-order valence-electron chi connectivity index (χ0n) is 13.3. The number of rotatable bonds is 4. The van der Waals surface area contributed by atoms with Gasteiger partial charge in [-0.05, 0) is 41.5 Å². The molecule has 1 aliphatic rings. The van der Waals surface area contributed by atoms with Gasteiger partial charge in [-0.3, -0.25) is 14.5 Å². The Labute approximate surface area is 145 Å². The number of aryl methyl sites for hydroxylation is 1. The van der Waals surface area contributed by atoms with Crippen molar-refractivity contribution in [3.63, 3.8) is 0 Å². The van der Waals surface area contributed by atoms with Crippen LogP contribution < -0.4 is 0 Å². The molecule has 0 radical (unpaired) electrons. The number of carbonyl (C=O) groups excluding carboxylic acids is 2. The fraction of sp³-hybridized carbons (Fsp3) is 0.100. The maximum atomic E-state index is 12.5. The molecule has 0 spiro atoms. The molecule has 0 unspecified atom stereocenters. The van der Waals surface area contributed by atoms with Crippen molar-refractivity contribution in [1.29, 1.82) is 0 Å². The van der Waals surface area contributed by atoms with Crippen LogP contribution in [0.2, 0.25) is 0 Å². The van der Waals surface area contributed by atoms with Gasteiger partial charge in [0.05, 0.1) is 11.4 Å². The standard InChI is InChI=1S/C20H17NO2S/c1-15-8-5-6-12-17(15)14-21-19(22)18(24-20(21)23)13-7-11-16-9-3-2-4-10-16/h2-13H,14H2,1H3/b11-7+,18-13-. The van der Waals surface area contributed by atoms with Crippen LogP contribution in [0.3, 0.4) is 0 Å². The van der Waals surface area contributed by atoms with E-state index in [2.05, 4.69) is 0 Å². The summed E-state index contributed by atoms with van der Waals surface area (Å²) in [5.74, 6) is -0.231. The highest BCUT2D eigenvalue weighted by atomic mass is 32.2. The van der Waals surface area contributed by atoms with E-state index in [-0.39, 0.29) is 11.1 Å². The molecule has 2 aromatic carbocycles. The number of carbonyl (C=O) groups is 2. The van der Waals surface area contributed by atoms with Crippen LogP contribution in [-0.4, -0.2) is 16.0 Å². The summed E-state index contributed by atoms with van der Waals surface area (Å²) in [4.78, 5) is 26.4. The van der Waals surface area contributed by atoms with Crippen molar-refractivity contribution in [2.24, 2.45) is 0 Å². The molecule has 0 aromatic heterocycles. The molecule has 1 aliphatic heterocycles. The maximum Gasteiger partial charge on any atom is 0.293 e. The molecule has 0 atom stereocenters. The largest absolute Gasteiger partial charge is 0.293 e. The highest BCUT2D eigenvalue weighted by Crippen LogP contribution is 2.32. The predicted molar refractivity (Wildman–Crippen MR) is 98.3 cm³/mol. The summed E-state index contributed by atoms with van der Waals surface area (Å²) < 4.78 is 0. The second kappa shape index (κ2) is 7.32. The Morgan fingerprint density at radius 3 is 2.46 bits per heavy atom. The number of hydrogen-bond acceptors (Lipinski definition) is 3. The van der Waals surface area contributed by atoms with E-state index < -0.39 is 0 Å². The van der Waals surface area contributed by atoms with E-state index in [1.807, 2.05) is 67.6 Å². The van der Waals surface area contributed by atoms with Crippen molar-refractivity contribution in [2.75, 3.05) is 0 Å². The quantitative estimate of drug-likeness (QED) is 0.754. The average Bonchev–Trinajstić information content (AvgIpc) is 2.85. The highest BCUT2D eigenvalue weighted by Gasteiger charge is 2.34. The number of hydrogen-bond donors (Lipinski definition) is 0. The van der Waals surface area contributed by atoms with Gasteiger partial charge in [0.1, 0.15) is 0 Å². The molecule has 3 rings (SSSR count). The minimum atomic E-state index is -0.231. The van der Waals surface area contributed by atoms with Gasteiger partial charge >= 0.3 is 0 Å². The van der Waals surface area contributed by atoms with Crippen LogP contribution in [0.5, 0.6) is 0 Å². The molecule has 3 nitrogen and oxygen atoms in total. The molecule has 1 saturated heterocycles. The number of thioether (sulfide) groups is 1. The average molecular weight is 335 g/mol. The smallest absolute Gasteiger partial charge is 0.268 e. The fourth-order valence-electron chi connectivity index (χ4n) is 2.42. The van der Waals surface area contributed by atoms with Crippen molar-refractivity contribution in [2.45, 2.75) is 13.5 Å². The summed E-state index contributed by atoms with van der Waals surface area (Å²) in [6.07, 6.45) is 5.42. The first-order valence-corrected chi connectivity index (χ1v) is 8.48. The van der Waals surface area contributed by atoms with E-state index in [9.17, 15) is 9.59 Å². The van der Waals surface area contributed by atoms with Crippen molar-refractivity contribution in [3.8, 4) is 0 Å². The van der Waals surface area contributed by atoms with Gasteiger partial charge in [0.2, 0.25) is 0 Å². The topological polar surface area (TPSA) is 37.4 Å². The SMILES string of the molecule is Cc1ccccc1CN1C(=O)S/C(=C\C=C\c2ccccc2)C1=O. The third-order valence-corrected chi connectivity index (χ3v) is 4.72. The maximum absolute atomic E-state index is 12.5. The lowest BCUT2D eigenvalue weighted by molar-refractivity contribution is -0.123. The minimum Gasteiger partial charge on any atom is -0.268 e. The third kappa shape index (κ3) is 3.66. The molecule has 24 heavy (non-hydrogen) atoms. The van der Waals surface area contributed by atoms with E-state index in [4.69, 9.17) is 0 Å². The minimum absolute atomic E-state index is 0.220. The number of amides is 2. The molecule has 1 heterocycles. The Balaban J connectivity index is 1.73. The Morgan fingerprint density at radius 2 is 1.71 bits per heavy atom. The van der Waals surface area contributed by atoms with Crippen LogP contribution in [0.15, 0.2) is 71.7 Å². The molecule has 1 fully saturated rings. The van der Waals surface area contributed by atoms with Crippen molar-refractivity contribution < 1.29 is 9.59 Å². The van der Waals surface area contributed by atoms with Crippen molar-refractivity contribution in [1.82, 2.24) is 4.90 Å². The summed E-state index contributed by atoms with van der Waals surface area (Å²) in [6, 6.07) is 17.6. The first-order valence-electron chi connectivity index (χ1n) is 7.67. The Morgan fingerprint density at radius 1 is 1.00 bits per heavy atom. The van der Waals surface area contributed by atoms with E-state index in [1.165, 1.54) is 4.90 Å². The summed E-state index contributed by atoms with van der Waals surface area (Å²) in [6.45, 7) is 2.30. The second-order valence-corrected chi connectivity index (χ2v) is 6.48. The summed E-state index contributed by atoms with van der Waals surface area (Å²) >= 11 is 0.989. The molecule has 0 N–H and O–H groups in total. The zero-order valence-corrected chi connectivity index (χ0v) is 14.1. The fourth-order valence-corrected chi connectivity index (χ4v) is 3.21. The lowest BCUT2D eigenvalue weighted by atomic mass is 10.1. The normalized spacial score (nSPS) is 16.5. The molecular weight excluding hydrogens is 318 g/mol. The van der Waals surface area contributed by atoms with Crippen molar-refractivity contribution >= 4 is 29.0 Å². The van der Waals surface area contributed by atoms with Crippen molar-refractivity contribution in [3.05, 3.63) is 88.3 Å². The second-order valence-electron chi connectivity index (χ2n) is 5.49. The molecule has 0 saturated carbocycles. The molecule has 0 aliphatic carbocycles. The van der Waals surface area contributed by atoms with Crippen LogP contribution >= 0.6 is 11.8 Å².